The van der Waals surface area contributed by atoms with Crippen molar-refractivity contribution in [1.82, 2.24) is 0 Å². The van der Waals surface area contributed by atoms with E-state index in [1.807, 2.05) is 0 Å². The van der Waals surface area contributed by atoms with Gasteiger partial charge in [0, 0.05) is 5.92 Å². The highest BCUT2D eigenvalue weighted by Gasteiger charge is 2.67. The third kappa shape index (κ3) is 0.796. The predicted octanol–water partition coefficient (Wildman–Crippen LogP) is 2.35. The van der Waals surface area contributed by atoms with Crippen molar-refractivity contribution < 1.29 is 5.11 Å². The minimum absolute atomic E-state index is 0.294. The van der Waals surface area contributed by atoms with Gasteiger partial charge in [-0.3, -0.25) is 0 Å². The van der Waals surface area contributed by atoms with E-state index in [1.54, 1.807) is 0 Å². The summed E-state index contributed by atoms with van der Waals surface area (Å²) in [6.45, 7) is 0. The van der Waals surface area contributed by atoms with Crippen LogP contribution in [0, 0.1) is 29.6 Å². The van der Waals surface area contributed by atoms with Gasteiger partial charge in [0.15, 0.2) is 0 Å². The lowest BCUT2D eigenvalue weighted by molar-refractivity contribution is 0.0308. The average molecular weight is 223 g/mol. The molecule has 0 heterocycles. The van der Waals surface area contributed by atoms with Crippen molar-refractivity contribution >= 4 is 11.6 Å². The molecule has 7 atom stereocenters. The molecule has 4 aliphatic carbocycles. The van der Waals surface area contributed by atoms with E-state index in [0.717, 1.165) is 6.42 Å². The molecule has 1 N–H and O–H groups in total. The zero-order valence-electron chi connectivity index (χ0n) is 8.51. The van der Waals surface area contributed by atoms with Crippen molar-refractivity contribution in [2.45, 2.75) is 23.8 Å². The van der Waals surface area contributed by atoms with Gasteiger partial charge in [-0.05, 0) is 36.5 Å². The van der Waals surface area contributed by atoms with Crippen LogP contribution >= 0.6 is 11.6 Å². The van der Waals surface area contributed by atoms with Crippen molar-refractivity contribution in [3.63, 3.8) is 0 Å². The van der Waals surface area contributed by atoms with Gasteiger partial charge < -0.3 is 5.11 Å². The number of fused-ring (bicyclic) bond motifs is 9. The molecule has 2 heteroatoms. The van der Waals surface area contributed by atoms with Gasteiger partial charge in [-0.25, -0.2) is 0 Å². The fourth-order valence-electron chi connectivity index (χ4n) is 4.63. The normalized spacial score (nSPS) is 63.9. The number of hydrogen-bond acceptors (Lipinski definition) is 1. The van der Waals surface area contributed by atoms with Gasteiger partial charge in [0.2, 0.25) is 0 Å². The molecule has 2 fully saturated rings. The highest BCUT2D eigenvalue weighted by atomic mass is 35.5. The topological polar surface area (TPSA) is 20.2 Å². The van der Waals surface area contributed by atoms with E-state index in [2.05, 4.69) is 24.3 Å². The summed E-state index contributed by atoms with van der Waals surface area (Å²) < 4.78 is 0. The zero-order chi connectivity index (χ0) is 10.2. The fourth-order valence-corrected chi connectivity index (χ4v) is 5.17. The first-order chi connectivity index (χ1) is 7.23. The molecule has 0 aromatic carbocycles. The fraction of sp³-hybridized carbons (Fsp3) is 0.692. The maximum Gasteiger partial charge on any atom is 0.0835 e. The number of hydrogen-bond donors (Lipinski definition) is 1. The Morgan fingerprint density at radius 3 is 3.00 bits per heavy atom. The summed E-state index contributed by atoms with van der Waals surface area (Å²) in [5, 5.41) is 10.4. The third-order valence-corrected chi connectivity index (χ3v) is 5.97. The molecule has 0 aliphatic heterocycles. The summed E-state index contributed by atoms with van der Waals surface area (Å²) in [5.41, 5.74) is 0. The molecule has 2 saturated carbocycles. The van der Waals surface area contributed by atoms with Crippen LogP contribution in [0.1, 0.15) is 12.8 Å². The van der Waals surface area contributed by atoms with Crippen LogP contribution in [0.25, 0.3) is 0 Å². The molecule has 0 spiro atoms. The van der Waals surface area contributed by atoms with Crippen molar-refractivity contribution in [3.8, 4) is 0 Å². The maximum absolute atomic E-state index is 10.4. The Bertz CT molecular complexity index is 373. The summed E-state index contributed by atoms with van der Waals surface area (Å²) in [6, 6.07) is 0. The van der Waals surface area contributed by atoms with Crippen LogP contribution in [-0.2, 0) is 0 Å². The molecule has 80 valence electrons. The molecular formula is C13H15ClO. The third-order valence-electron chi connectivity index (χ3n) is 5.22. The number of halogens is 1. The molecule has 15 heavy (non-hydrogen) atoms. The van der Waals surface area contributed by atoms with Gasteiger partial charge in [-0.1, -0.05) is 24.3 Å². The molecule has 0 saturated heterocycles. The largest absolute Gasteiger partial charge is 0.391 e. The van der Waals surface area contributed by atoms with E-state index in [-0.39, 0.29) is 11.0 Å². The minimum Gasteiger partial charge on any atom is -0.391 e. The smallest absolute Gasteiger partial charge is 0.0835 e. The van der Waals surface area contributed by atoms with Gasteiger partial charge in [-0.15, -0.1) is 11.6 Å². The maximum atomic E-state index is 10.4. The number of rotatable bonds is 0. The number of allylic oxidation sites excluding steroid dienone is 4. The highest BCUT2D eigenvalue weighted by molar-refractivity contribution is 6.25. The van der Waals surface area contributed by atoms with Crippen molar-refractivity contribution in [1.29, 1.82) is 0 Å². The van der Waals surface area contributed by atoms with Crippen LogP contribution in [0.4, 0.5) is 0 Å². The standard InChI is InChI=1S/C13H15ClO/c14-13-8-5-4-7(6-8)11(12(13)15)9-2-1-3-10(9)13/h1,3-5,7-12,15H,2,6H2/t7-,8+,9+,10-,11-,12-,13-/m0/s1. The highest BCUT2D eigenvalue weighted by Crippen LogP contribution is 2.65. The van der Waals surface area contributed by atoms with E-state index >= 15 is 0 Å². The van der Waals surface area contributed by atoms with Crippen LogP contribution in [0.5, 0.6) is 0 Å². The first kappa shape index (κ1) is 8.83. The molecule has 0 unspecified atom stereocenters. The Kier molecular flexibility index (Phi) is 1.48. The van der Waals surface area contributed by atoms with Crippen LogP contribution < -0.4 is 0 Å². The molecule has 4 aliphatic rings. The van der Waals surface area contributed by atoms with Gasteiger partial charge in [0.25, 0.3) is 0 Å². The predicted molar refractivity (Wildman–Crippen MR) is 59.6 cm³/mol. The molecule has 0 aromatic heterocycles. The Labute approximate surface area is 94.8 Å². The number of aliphatic hydroxyl groups is 1. The summed E-state index contributed by atoms with van der Waals surface area (Å²) in [5.74, 6) is 2.43. The summed E-state index contributed by atoms with van der Waals surface area (Å²) in [6.07, 6.45) is 11.1. The molecule has 4 rings (SSSR count). The second-order valence-electron chi connectivity index (χ2n) is 5.59. The average Bonchev–Trinajstić information content (AvgIpc) is 2.85. The second kappa shape index (κ2) is 2.52. The molecule has 0 amide bonds. The summed E-state index contributed by atoms with van der Waals surface area (Å²) in [4.78, 5) is -0.383. The van der Waals surface area contributed by atoms with E-state index in [0.29, 0.717) is 29.6 Å². The van der Waals surface area contributed by atoms with Crippen LogP contribution in [-0.4, -0.2) is 16.1 Å². The quantitative estimate of drug-likeness (QED) is 0.493. The van der Waals surface area contributed by atoms with Crippen LogP contribution in [0.15, 0.2) is 24.3 Å². The lowest BCUT2D eigenvalue weighted by Crippen LogP contribution is -2.48. The van der Waals surface area contributed by atoms with Crippen LogP contribution in [0.3, 0.4) is 0 Å². The summed E-state index contributed by atoms with van der Waals surface area (Å²) >= 11 is 6.79. The zero-order valence-corrected chi connectivity index (χ0v) is 9.27. The van der Waals surface area contributed by atoms with Crippen molar-refractivity contribution in [3.05, 3.63) is 24.3 Å². The lowest BCUT2D eigenvalue weighted by atomic mass is 9.73. The van der Waals surface area contributed by atoms with E-state index in [1.165, 1.54) is 6.42 Å². The van der Waals surface area contributed by atoms with E-state index in [9.17, 15) is 5.11 Å². The van der Waals surface area contributed by atoms with Crippen molar-refractivity contribution in [2.24, 2.45) is 29.6 Å². The van der Waals surface area contributed by atoms with Gasteiger partial charge in [-0.2, -0.15) is 0 Å². The van der Waals surface area contributed by atoms with Gasteiger partial charge in [0.1, 0.15) is 0 Å². The monoisotopic (exact) mass is 222 g/mol. The molecule has 4 bridgehead atoms. The Morgan fingerprint density at radius 2 is 2.13 bits per heavy atom. The first-order valence-electron chi connectivity index (χ1n) is 5.95. The van der Waals surface area contributed by atoms with Crippen molar-refractivity contribution in [2.75, 3.05) is 0 Å². The minimum atomic E-state index is -0.383. The summed E-state index contributed by atoms with van der Waals surface area (Å²) in [7, 11) is 0. The lowest BCUT2D eigenvalue weighted by Gasteiger charge is -2.40. The Balaban J connectivity index is 1.91. The molecular weight excluding hydrogens is 208 g/mol. The SMILES string of the molecule is O[C@H]1[C@@H]2[C@@H]3CC=C[C@@H]3[C@@]1(Cl)[C@@H]1C=C[C@H]2C1. The number of alkyl halides is 1. The molecule has 0 radical (unpaired) electrons. The van der Waals surface area contributed by atoms with E-state index in [4.69, 9.17) is 11.6 Å². The number of aliphatic hydroxyl groups excluding tert-OH is 1. The van der Waals surface area contributed by atoms with E-state index < -0.39 is 0 Å². The van der Waals surface area contributed by atoms with Gasteiger partial charge in [0.05, 0.1) is 11.0 Å². The Morgan fingerprint density at radius 1 is 1.27 bits per heavy atom. The molecule has 1 nitrogen and oxygen atoms in total. The first-order valence-corrected chi connectivity index (χ1v) is 6.32. The molecule has 0 aromatic rings. The van der Waals surface area contributed by atoms with Crippen LogP contribution in [0.2, 0.25) is 0 Å². The second-order valence-corrected chi connectivity index (χ2v) is 6.25. The Hall–Kier alpha value is -0.270. The van der Waals surface area contributed by atoms with Gasteiger partial charge >= 0.3 is 0 Å².